The number of aromatic amines is 1. The second-order valence-corrected chi connectivity index (χ2v) is 7.80. The summed E-state index contributed by atoms with van der Waals surface area (Å²) in [6.07, 6.45) is 1.50. The number of anilines is 2. The molecular formula is C16H24N6O3S. The number of nitrogens with zero attached hydrogens (tertiary/aromatic N) is 3. The minimum atomic E-state index is -3.70. The van der Waals surface area contributed by atoms with Gasteiger partial charge in [0.15, 0.2) is 0 Å². The topological polar surface area (TPSA) is 112 Å². The fraction of sp³-hybridized carbons (Fsp3) is 0.500. The predicted molar refractivity (Wildman–Crippen MR) is 98.9 cm³/mol. The van der Waals surface area contributed by atoms with Gasteiger partial charge in [0, 0.05) is 26.2 Å². The van der Waals surface area contributed by atoms with E-state index in [1.807, 2.05) is 0 Å². The van der Waals surface area contributed by atoms with Crippen LogP contribution in [0.25, 0.3) is 0 Å². The molecule has 3 rings (SSSR count). The van der Waals surface area contributed by atoms with E-state index in [-0.39, 0.29) is 4.90 Å². The molecule has 0 radical (unpaired) electrons. The first-order valence-corrected chi connectivity index (χ1v) is 9.98. The highest BCUT2D eigenvalue weighted by Gasteiger charge is 2.22. The average Bonchev–Trinajstić information content (AvgIpc) is 2.96. The van der Waals surface area contributed by atoms with Crippen molar-refractivity contribution in [2.24, 2.45) is 0 Å². The van der Waals surface area contributed by atoms with E-state index in [0.29, 0.717) is 22.9 Å². The molecule has 0 unspecified atom stereocenters. The Morgan fingerprint density at radius 1 is 1.27 bits per heavy atom. The fourth-order valence-corrected chi connectivity index (χ4v) is 4.28. The first kappa shape index (κ1) is 18.6. The third kappa shape index (κ3) is 4.51. The number of ether oxygens (including phenoxy) is 1. The molecule has 1 aliphatic heterocycles. The Morgan fingerprint density at radius 3 is 2.65 bits per heavy atom. The summed E-state index contributed by atoms with van der Waals surface area (Å²) in [5.41, 5.74) is 1.34. The molecule has 0 spiro atoms. The second kappa shape index (κ2) is 8.02. The van der Waals surface area contributed by atoms with E-state index < -0.39 is 10.0 Å². The van der Waals surface area contributed by atoms with E-state index in [1.54, 1.807) is 26.0 Å². The molecule has 0 bridgehead atoms. The molecule has 9 nitrogen and oxygen atoms in total. The molecule has 1 saturated heterocycles. The highest BCUT2D eigenvalue weighted by molar-refractivity contribution is 7.92. The summed E-state index contributed by atoms with van der Waals surface area (Å²) >= 11 is 0. The smallest absolute Gasteiger partial charge is 0.265 e. The molecule has 1 aliphatic rings. The summed E-state index contributed by atoms with van der Waals surface area (Å²) in [5.74, 6) is 0.705. The maximum atomic E-state index is 12.5. The number of hydrogen-bond donors (Lipinski definition) is 3. The van der Waals surface area contributed by atoms with Gasteiger partial charge in [-0.1, -0.05) is 0 Å². The van der Waals surface area contributed by atoms with Crippen LogP contribution < -0.4 is 10.0 Å². The number of morpholine rings is 1. The minimum absolute atomic E-state index is 0.171. The molecule has 3 heterocycles. The molecule has 2 aromatic heterocycles. The molecule has 2 aromatic rings. The summed E-state index contributed by atoms with van der Waals surface area (Å²) in [6, 6.07) is 3.44. The first-order chi connectivity index (χ1) is 12.5. The lowest BCUT2D eigenvalue weighted by molar-refractivity contribution is 0.0398. The van der Waals surface area contributed by atoms with Gasteiger partial charge in [-0.15, -0.1) is 0 Å². The van der Waals surface area contributed by atoms with Gasteiger partial charge in [-0.3, -0.25) is 14.7 Å². The number of H-pyrrole nitrogens is 1. The average molecular weight is 380 g/mol. The molecule has 0 aliphatic carbocycles. The molecule has 1 fully saturated rings. The lowest BCUT2D eigenvalue weighted by Gasteiger charge is -2.26. The zero-order chi connectivity index (χ0) is 18.6. The molecule has 0 atom stereocenters. The Bertz CT molecular complexity index is 809. The minimum Gasteiger partial charge on any atom is -0.379 e. The van der Waals surface area contributed by atoms with Crippen molar-refractivity contribution in [3.8, 4) is 0 Å². The van der Waals surface area contributed by atoms with E-state index >= 15 is 0 Å². The van der Waals surface area contributed by atoms with Crippen LogP contribution in [-0.4, -0.2) is 67.9 Å². The van der Waals surface area contributed by atoms with Crippen molar-refractivity contribution in [1.82, 2.24) is 20.1 Å². The van der Waals surface area contributed by atoms with Crippen LogP contribution in [0.5, 0.6) is 0 Å². The van der Waals surface area contributed by atoms with Gasteiger partial charge in [0.1, 0.15) is 10.7 Å². The molecule has 0 amide bonds. The van der Waals surface area contributed by atoms with Gasteiger partial charge in [-0.05, 0) is 26.0 Å². The van der Waals surface area contributed by atoms with Gasteiger partial charge in [0.2, 0.25) is 0 Å². The normalized spacial score (nSPS) is 15.8. The van der Waals surface area contributed by atoms with Gasteiger partial charge < -0.3 is 10.1 Å². The van der Waals surface area contributed by atoms with Gasteiger partial charge in [0.25, 0.3) is 10.0 Å². The van der Waals surface area contributed by atoms with Crippen LogP contribution in [0.1, 0.15) is 11.4 Å². The number of rotatable bonds is 7. The Kier molecular flexibility index (Phi) is 5.74. The van der Waals surface area contributed by atoms with Gasteiger partial charge >= 0.3 is 0 Å². The summed E-state index contributed by atoms with van der Waals surface area (Å²) in [7, 11) is -3.70. The fourth-order valence-electron chi connectivity index (χ4n) is 2.87. The van der Waals surface area contributed by atoms with Crippen molar-refractivity contribution in [3.05, 3.63) is 29.7 Å². The van der Waals surface area contributed by atoms with Crippen molar-refractivity contribution < 1.29 is 13.2 Å². The maximum Gasteiger partial charge on any atom is 0.265 e. The second-order valence-electron chi connectivity index (χ2n) is 6.18. The van der Waals surface area contributed by atoms with E-state index in [9.17, 15) is 8.42 Å². The van der Waals surface area contributed by atoms with Crippen LogP contribution in [-0.2, 0) is 14.8 Å². The summed E-state index contributed by atoms with van der Waals surface area (Å²) in [6.45, 7) is 8.47. The van der Waals surface area contributed by atoms with Crippen LogP contribution in [0.4, 0.5) is 11.5 Å². The van der Waals surface area contributed by atoms with Crippen LogP contribution >= 0.6 is 0 Å². The monoisotopic (exact) mass is 380 g/mol. The Labute approximate surface area is 153 Å². The van der Waals surface area contributed by atoms with Crippen molar-refractivity contribution in [2.75, 3.05) is 49.4 Å². The molecule has 142 valence electrons. The highest BCUT2D eigenvalue weighted by atomic mass is 32.2. The molecule has 0 saturated carbocycles. The van der Waals surface area contributed by atoms with Crippen molar-refractivity contribution >= 4 is 21.5 Å². The highest BCUT2D eigenvalue weighted by Crippen LogP contribution is 2.20. The lowest BCUT2D eigenvalue weighted by atomic mass is 10.4. The first-order valence-electron chi connectivity index (χ1n) is 8.50. The van der Waals surface area contributed by atoms with Crippen molar-refractivity contribution in [3.63, 3.8) is 0 Å². The number of aryl methyl sites for hydroxylation is 2. The number of sulfonamides is 1. The zero-order valence-corrected chi connectivity index (χ0v) is 15.8. The third-order valence-electron chi connectivity index (χ3n) is 4.18. The van der Waals surface area contributed by atoms with Crippen LogP contribution in [0, 0.1) is 13.8 Å². The van der Waals surface area contributed by atoms with Crippen LogP contribution in [0.15, 0.2) is 23.2 Å². The lowest BCUT2D eigenvalue weighted by Crippen LogP contribution is -2.39. The van der Waals surface area contributed by atoms with E-state index in [2.05, 4.69) is 30.1 Å². The number of hydrogen-bond acceptors (Lipinski definition) is 7. The zero-order valence-electron chi connectivity index (χ0n) is 14.9. The summed E-state index contributed by atoms with van der Waals surface area (Å²) < 4.78 is 32.9. The van der Waals surface area contributed by atoms with Crippen LogP contribution in [0.3, 0.4) is 0 Å². The van der Waals surface area contributed by atoms with Crippen molar-refractivity contribution in [1.29, 1.82) is 0 Å². The number of pyridine rings is 1. The van der Waals surface area contributed by atoms with E-state index in [4.69, 9.17) is 4.74 Å². The van der Waals surface area contributed by atoms with E-state index in [1.165, 1.54) is 6.20 Å². The number of nitrogens with one attached hydrogen (secondary N) is 3. The van der Waals surface area contributed by atoms with Crippen LogP contribution in [0.2, 0.25) is 0 Å². The predicted octanol–water partition coefficient (Wildman–Crippen LogP) is 0.966. The summed E-state index contributed by atoms with van der Waals surface area (Å²) in [5, 5.41) is 9.85. The SMILES string of the molecule is Cc1n[nH]c(C)c1S(=O)(=O)Nc1ccc(NCCN2CCOCC2)nc1. The third-order valence-corrected chi connectivity index (χ3v) is 5.83. The van der Waals surface area contributed by atoms with E-state index in [0.717, 1.165) is 39.4 Å². The Balaban J connectivity index is 1.55. The Morgan fingerprint density at radius 2 is 2.04 bits per heavy atom. The molecule has 0 aromatic carbocycles. The van der Waals surface area contributed by atoms with Crippen molar-refractivity contribution in [2.45, 2.75) is 18.7 Å². The molecule has 10 heteroatoms. The van der Waals surface area contributed by atoms with Gasteiger partial charge in [-0.25, -0.2) is 13.4 Å². The van der Waals surface area contributed by atoms with Gasteiger partial charge in [0.05, 0.1) is 36.5 Å². The molecular weight excluding hydrogens is 356 g/mol. The molecule has 26 heavy (non-hydrogen) atoms. The largest absolute Gasteiger partial charge is 0.379 e. The van der Waals surface area contributed by atoms with Gasteiger partial charge in [-0.2, -0.15) is 5.10 Å². The maximum absolute atomic E-state index is 12.5. The standard InChI is InChI=1S/C16H24N6O3S/c1-12-16(13(2)20-19-12)26(23,24)21-14-3-4-15(18-11-14)17-5-6-22-7-9-25-10-8-22/h3-4,11,21H,5-10H2,1-2H3,(H,17,18)(H,19,20). The summed E-state index contributed by atoms with van der Waals surface area (Å²) in [4.78, 5) is 6.77. The number of aromatic nitrogens is 3. The molecule has 3 N–H and O–H groups in total. The Hall–Kier alpha value is -2.17. The quantitative estimate of drug-likeness (QED) is 0.656.